The molecule has 1 fully saturated rings. The van der Waals surface area contributed by atoms with Crippen LogP contribution in [0, 0.1) is 0 Å². The molecular weight excluding hydrogens is 400 g/mol. The van der Waals surface area contributed by atoms with Crippen LogP contribution in [-0.2, 0) is 4.74 Å². The molecule has 0 spiro atoms. The van der Waals surface area contributed by atoms with Crippen LogP contribution >= 0.6 is 11.6 Å². The number of nitrogens with two attached hydrogens (primary N) is 1. The fraction of sp³-hybridized carbons (Fsp3) is 0.273. The molecule has 0 saturated carbocycles. The topological polar surface area (TPSA) is 89.5 Å². The highest BCUT2D eigenvalue weighted by Gasteiger charge is 2.29. The van der Waals surface area contributed by atoms with Crippen LogP contribution < -0.4 is 10.6 Å². The molecule has 0 amide bonds. The van der Waals surface area contributed by atoms with E-state index in [2.05, 4.69) is 14.9 Å². The van der Waals surface area contributed by atoms with Crippen molar-refractivity contribution in [1.82, 2.24) is 15.0 Å². The average Bonchev–Trinajstić information content (AvgIpc) is 3.09. The van der Waals surface area contributed by atoms with E-state index in [4.69, 9.17) is 32.0 Å². The predicted molar refractivity (Wildman–Crippen MR) is 119 cm³/mol. The zero-order chi connectivity index (χ0) is 20.7. The minimum atomic E-state index is -0.0807. The first kappa shape index (κ1) is 19.0. The molecular formula is C22H21ClN6O. The van der Waals surface area contributed by atoms with Gasteiger partial charge in [-0.2, -0.15) is 0 Å². The summed E-state index contributed by atoms with van der Waals surface area (Å²) < 4.78 is 5.43. The SMILES string of the molecule is CC1=Nc2ccc(-c3ccnc(N)c3)nc2C1c1cnc(N2CCOCC2)c(Cl)c1. The maximum Gasteiger partial charge on any atom is 0.147 e. The average molecular weight is 421 g/mol. The van der Waals surface area contributed by atoms with E-state index in [0.717, 1.165) is 52.8 Å². The molecule has 0 bridgehead atoms. The van der Waals surface area contributed by atoms with Crippen LogP contribution in [0.5, 0.6) is 0 Å². The molecule has 2 N–H and O–H groups in total. The van der Waals surface area contributed by atoms with Gasteiger partial charge in [-0.15, -0.1) is 0 Å². The minimum Gasteiger partial charge on any atom is -0.384 e. The fourth-order valence-electron chi connectivity index (χ4n) is 4.01. The number of hydrogen-bond donors (Lipinski definition) is 1. The number of fused-ring (bicyclic) bond motifs is 1. The number of ether oxygens (including phenoxy) is 1. The van der Waals surface area contributed by atoms with Gasteiger partial charge in [0, 0.05) is 36.8 Å². The van der Waals surface area contributed by atoms with Gasteiger partial charge in [0.2, 0.25) is 0 Å². The summed E-state index contributed by atoms with van der Waals surface area (Å²) in [5.74, 6) is 1.18. The number of nitrogens with zero attached hydrogens (tertiary/aromatic N) is 5. The fourth-order valence-corrected chi connectivity index (χ4v) is 4.30. The van der Waals surface area contributed by atoms with E-state index >= 15 is 0 Å². The van der Waals surface area contributed by atoms with E-state index in [1.165, 1.54) is 0 Å². The monoisotopic (exact) mass is 420 g/mol. The summed E-state index contributed by atoms with van der Waals surface area (Å²) in [6, 6.07) is 9.66. The number of hydrogen-bond acceptors (Lipinski definition) is 7. The van der Waals surface area contributed by atoms with Crippen molar-refractivity contribution in [2.24, 2.45) is 4.99 Å². The second-order valence-corrected chi connectivity index (χ2v) is 7.84. The summed E-state index contributed by atoms with van der Waals surface area (Å²) in [5, 5.41) is 0.633. The van der Waals surface area contributed by atoms with Crippen molar-refractivity contribution < 1.29 is 4.74 Å². The van der Waals surface area contributed by atoms with Crippen molar-refractivity contribution >= 4 is 34.6 Å². The van der Waals surface area contributed by atoms with Crippen LogP contribution in [0.15, 0.2) is 47.7 Å². The first-order valence-electron chi connectivity index (χ1n) is 9.86. The number of nitrogen functional groups attached to an aromatic ring is 1. The summed E-state index contributed by atoms with van der Waals surface area (Å²) in [6.45, 7) is 4.97. The highest BCUT2D eigenvalue weighted by molar-refractivity contribution is 6.33. The van der Waals surface area contributed by atoms with Gasteiger partial charge in [-0.1, -0.05) is 11.6 Å². The molecule has 3 aromatic heterocycles. The number of pyridine rings is 3. The van der Waals surface area contributed by atoms with Crippen molar-refractivity contribution in [2.45, 2.75) is 12.8 Å². The number of halogens is 1. The lowest BCUT2D eigenvalue weighted by Crippen LogP contribution is -2.37. The Morgan fingerprint density at radius 3 is 2.73 bits per heavy atom. The molecule has 8 heteroatoms. The van der Waals surface area contributed by atoms with Crippen molar-refractivity contribution in [3.05, 3.63) is 59.0 Å². The van der Waals surface area contributed by atoms with Gasteiger partial charge in [0.15, 0.2) is 0 Å². The van der Waals surface area contributed by atoms with Crippen molar-refractivity contribution in [2.75, 3.05) is 36.9 Å². The number of aliphatic imine (C=N–C) groups is 1. The van der Waals surface area contributed by atoms with Gasteiger partial charge in [-0.3, -0.25) is 4.99 Å². The van der Waals surface area contributed by atoms with Crippen molar-refractivity contribution in [3.8, 4) is 11.3 Å². The molecule has 30 heavy (non-hydrogen) atoms. The Morgan fingerprint density at radius 1 is 1.13 bits per heavy atom. The minimum absolute atomic E-state index is 0.0807. The summed E-state index contributed by atoms with van der Waals surface area (Å²) in [5.41, 5.74) is 11.3. The Balaban J connectivity index is 1.51. The van der Waals surface area contributed by atoms with Gasteiger partial charge in [0.25, 0.3) is 0 Å². The van der Waals surface area contributed by atoms with Crippen molar-refractivity contribution in [3.63, 3.8) is 0 Å². The first-order valence-corrected chi connectivity index (χ1v) is 10.2. The Kier molecular flexibility index (Phi) is 4.84. The van der Waals surface area contributed by atoms with Crippen LogP contribution in [0.2, 0.25) is 5.02 Å². The summed E-state index contributed by atoms with van der Waals surface area (Å²) >= 11 is 6.63. The molecule has 1 saturated heterocycles. The Hall–Kier alpha value is -3.03. The van der Waals surface area contributed by atoms with E-state index in [0.29, 0.717) is 24.1 Å². The van der Waals surface area contributed by atoms with E-state index in [1.54, 1.807) is 6.20 Å². The molecule has 5 heterocycles. The summed E-state index contributed by atoms with van der Waals surface area (Å²) in [7, 11) is 0. The van der Waals surface area contributed by atoms with E-state index < -0.39 is 0 Å². The molecule has 1 atom stereocenters. The third-order valence-corrected chi connectivity index (χ3v) is 5.73. The summed E-state index contributed by atoms with van der Waals surface area (Å²) in [4.78, 5) is 20.5. The Bertz CT molecular complexity index is 1140. The van der Waals surface area contributed by atoms with Gasteiger partial charge in [-0.05, 0) is 42.8 Å². The standard InChI is InChI=1S/C22H21ClN6O/c1-13-20(15-10-16(23)22(26-12-15)29-6-8-30-9-7-29)21-18(27-13)3-2-17(28-21)14-4-5-25-19(24)11-14/h2-5,10-12,20H,6-9H2,1H3,(H2,24,25). The maximum atomic E-state index is 6.63. The lowest BCUT2D eigenvalue weighted by Gasteiger charge is -2.28. The zero-order valence-electron chi connectivity index (χ0n) is 16.5. The molecule has 1 unspecified atom stereocenters. The van der Waals surface area contributed by atoms with Gasteiger partial charge >= 0.3 is 0 Å². The molecule has 5 rings (SSSR count). The number of rotatable bonds is 3. The second kappa shape index (κ2) is 7.66. The van der Waals surface area contributed by atoms with Crippen LogP contribution in [-0.4, -0.2) is 47.0 Å². The summed E-state index contributed by atoms with van der Waals surface area (Å²) in [6.07, 6.45) is 3.57. The van der Waals surface area contributed by atoms with Gasteiger partial charge in [0.05, 0.1) is 41.2 Å². The van der Waals surface area contributed by atoms with Gasteiger partial charge in [-0.25, -0.2) is 15.0 Å². The third kappa shape index (κ3) is 3.40. The van der Waals surface area contributed by atoms with Crippen molar-refractivity contribution in [1.29, 1.82) is 0 Å². The first-order chi connectivity index (χ1) is 14.6. The lowest BCUT2D eigenvalue weighted by molar-refractivity contribution is 0.122. The number of morpholine rings is 1. The van der Waals surface area contributed by atoms with Gasteiger partial charge in [0.1, 0.15) is 11.6 Å². The molecule has 0 aliphatic carbocycles. The number of aromatic nitrogens is 3. The van der Waals surface area contributed by atoms with E-state index in [-0.39, 0.29) is 5.92 Å². The van der Waals surface area contributed by atoms with E-state index in [1.807, 2.05) is 43.5 Å². The smallest absolute Gasteiger partial charge is 0.147 e. The van der Waals surface area contributed by atoms with Gasteiger partial charge < -0.3 is 15.4 Å². The van der Waals surface area contributed by atoms with Crippen LogP contribution in [0.3, 0.4) is 0 Å². The maximum absolute atomic E-state index is 6.63. The highest BCUT2D eigenvalue weighted by atomic mass is 35.5. The largest absolute Gasteiger partial charge is 0.384 e. The molecule has 0 radical (unpaired) electrons. The second-order valence-electron chi connectivity index (χ2n) is 7.43. The molecule has 3 aromatic rings. The number of anilines is 2. The highest BCUT2D eigenvalue weighted by Crippen LogP contribution is 2.40. The molecule has 152 valence electrons. The normalized spacial score (nSPS) is 18.3. The quantitative estimate of drug-likeness (QED) is 0.692. The van der Waals surface area contributed by atoms with Crippen LogP contribution in [0.1, 0.15) is 24.1 Å². The Morgan fingerprint density at radius 2 is 1.97 bits per heavy atom. The van der Waals surface area contributed by atoms with Crippen LogP contribution in [0.25, 0.3) is 11.3 Å². The molecule has 7 nitrogen and oxygen atoms in total. The molecule has 2 aliphatic heterocycles. The molecule has 2 aliphatic rings. The predicted octanol–water partition coefficient (Wildman–Crippen LogP) is 3.85. The van der Waals surface area contributed by atoms with Crippen LogP contribution in [0.4, 0.5) is 17.3 Å². The zero-order valence-corrected chi connectivity index (χ0v) is 17.3. The lowest BCUT2D eigenvalue weighted by atomic mass is 9.93. The van der Waals surface area contributed by atoms with E-state index in [9.17, 15) is 0 Å². The third-order valence-electron chi connectivity index (χ3n) is 5.45. The Labute approximate surface area is 179 Å². The molecule has 0 aromatic carbocycles.